The first kappa shape index (κ1) is 27.6. The smallest absolute Gasteiger partial charge is 0.191 e. The van der Waals surface area contributed by atoms with Crippen molar-refractivity contribution in [1.82, 2.24) is 30.2 Å². The van der Waals surface area contributed by atoms with Crippen LogP contribution in [-0.2, 0) is 13.5 Å². The van der Waals surface area contributed by atoms with Crippen LogP contribution in [-0.4, -0.2) is 78.4 Å². The minimum Gasteiger partial charge on any atom is -0.356 e. The summed E-state index contributed by atoms with van der Waals surface area (Å²) in [5.74, 6) is 0.870. The zero-order chi connectivity index (χ0) is 23.1. The average Bonchev–Trinajstić information content (AvgIpc) is 3.03. The fourth-order valence-corrected chi connectivity index (χ4v) is 4.60. The highest BCUT2D eigenvalue weighted by Crippen LogP contribution is 2.24. The summed E-state index contributed by atoms with van der Waals surface area (Å²) in [6.45, 7) is 11.7. The highest BCUT2D eigenvalue weighted by atomic mass is 127. The Morgan fingerprint density at radius 1 is 1.18 bits per heavy atom. The number of aromatic nitrogens is 2. The molecule has 1 aromatic heterocycles. The van der Waals surface area contributed by atoms with Crippen molar-refractivity contribution in [2.45, 2.75) is 45.7 Å². The quantitative estimate of drug-likeness (QED) is 0.222. The SMILES string of the molecule is CN=C(NCCCN1CCN(C)CC1c1ccccc1)NC(C)Cc1c(C)nn(C)c1C.I. The lowest BCUT2D eigenvalue weighted by Gasteiger charge is -2.40. The van der Waals surface area contributed by atoms with Gasteiger partial charge in [0.2, 0.25) is 0 Å². The Hall–Kier alpha value is -1.65. The van der Waals surface area contributed by atoms with Gasteiger partial charge in [-0.3, -0.25) is 14.6 Å². The first-order chi connectivity index (χ1) is 15.4. The third-order valence-corrected chi connectivity index (χ3v) is 6.57. The van der Waals surface area contributed by atoms with Crippen LogP contribution in [0, 0.1) is 13.8 Å². The van der Waals surface area contributed by atoms with Gasteiger partial charge in [-0.1, -0.05) is 30.3 Å². The number of nitrogens with one attached hydrogen (secondary N) is 2. The maximum absolute atomic E-state index is 4.54. The van der Waals surface area contributed by atoms with Crippen molar-refractivity contribution < 1.29 is 0 Å². The number of nitrogens with zero attached hydrogens (tertiary/aromatic N) is 5. The molecule has 33 heavy (non-hydrogen) atoms. The summed E-state index contributed by atoms with van der Waals surface area (Å²) in [7, 11) is 6.07. The molecule has 2 aromatic rings. The highest BCUT2D eigenvalue weighted by Gasteiger charge is 2.26. The van der Waals surface area contributed by atoms with E-state index in [1.807, 2.05) is 18.8 Å². The number of likely N-dealkylation sites (N-methyl/N-ethyl adjacent to an activating group) is 1. The van der Waals surface area contributed by atoms with Crippen LogP contribution in [0.2, 0.25) is 0 Å². The van der Waals surface area contributed by atoms with E-state index < -0.39 is 0 Å². The molecule has 3 rings (SSSR count). The molecule has 0 saturated carbocycles. The molecule has 184 valence electrons. The van der Waals surface area contributed by atoms with Gasteiger partial charge in [0, 0.05) is 64.6 Å². The van der Waals surface area contributed by atoms with Gasteiger partial charge in [-0.05, 0) is 51.8 Å². The van der Waals surface area contributed by atoms with Gasteiger partial charge in [0.15, 0.2) is 5.96 Å². The maximum Gasteiger partial charge on any atom is 0.191 e. The summed E-state index contributed by atoms with van der Waals surface area (Å²) in [5, 5.41) is 11.6. The van der Waals surface area contributed by atoms with Crippen LogP contribution in [0.15, 0.2) is 35.3 Å². The molecule has 2 atom stereocenters. The minimum absolute atomic E-state index is 0. The molecule has 0 bridgehead atoms. The number of aliphatic imine (C=N–C) groups is 1. The Morgan fingerprint density at radius 3 is 2.55 bits per heavy atom. The van der Waals surface area contributed by atoms with Crippen molar-refractivity contribution in [3.05, 3.63) is 52.8 Å². The van der Waals surface area contributed by atoms with Crippen molar-refractivity contribution in [3.8, 4) is 0 Å². The molecule has 0 aliphatic carbocycles. The Bertz CT molecular complexity index is 880. The standard InChI is InChI=1S/C25H41N7.HI/c1-19(17-23-20(2)29-31(6)21(23)3)28-25(26-4)27-13-10-14-32-16-15-30(5)18-24(32)22-11-8-7-9-12-22;/h7-9,11-12,19,24H,10,13-18H2,1-6H3,(H2,26,27,28);1H. The number of halogens is 1. The number of hydrogen-bond donors (Lipinski definition) is 2. The fraction of sp³-hybridized carbons (Fsp3) is 0.600. The van der Waals surface area contributed by atoms with Gasteiger partial charge in [0.1, 0.15) is 0 Å². The van der Waals surface area contributed by atoms with Crippen LogP contribution in [0.3, 0.4) is 0 Å². The highest BCUT2D eigenvalue weighted by molar-refractivity contribution is 14.0. The van der Waals surface area contributed by atoms with Crippen molar-refractivity contribution in [2.24, 2.45) is 12.0 Å². The van der Waals surface area contributed by atoms with E-state index in [0.717, 1.165) is 57.2 Å². The lowest BCUT2D eigenvalue weighted by Crippen LogP contribution is -2.48. The summed E-state index contributed by atoms with van der Waals surface area (Å²) in [6.07, 6.45) is 2.02. The first-order valence-corrected chi connectivity index (χ1v) is 11.8. The second-order valence-electron chi connectivity index (χ2n) is 9.10. The zero-order valence-corrected chi connectivity index (χ0v) is 23.5. The van der Waals surface area contributed by atoms with Crippen LogP contribution in [0.1, 0.15) is 41.9 Å². The van der Waals surface area contributed by atoms with Crippen LogP contribution < -0.4 is 10.6 Å². The van der Waals surface area contributed by atoms with Crippen molar-refractivity contribution >= 4 is 29.9 Å². The van der Waals surface area contributed by atoms with Gasteiger partial charge in [0.25, 0.3) is 0 Å². The van der Waals surface area contributed by atoms with E-state index in [9.17, 15) is 0 Å². The molecule has 7 nitrogen and oxygen atoms in total. The summed E-state index contributed by atoms with van der Waals surface area (Å²) >= 11 is 0. The zero-order valence-electron chi connectivity index (χ0n) is 21.1. The summed E-state index contributed by atoms with van der Waals surface area (Å²) in [6, 6.07) is 11.7. The molecule has 1 aliphatic rings. The predicted molar refractivity (Wildman–Crippen MR) is 149 cm³/mol. The van der Waals surface area contributed by atoms with Gasteiger partial charge < -0.3 is 15.5 Å². The molecule has 1 aliphatic heterocycles. The molecular weight excluding hydrogens is 525 g/mol. The van der Waals surface area contributed by atoms with Gasteiger partial charge in [-0.25, -0.2) is 0 Å². The fourth-order valence-electron chi connectivity index (χ4n) is 4.60. The largest absolute Gasteiger partial charge is 0.356 e. The van der Waals surface area contributed by atoms with E-state index in [1.165, 1.54) is 16.8 Å². The molecular formula is C25H42IN7. The van der Waals surface area contributed by atoms with E-state index in [-0.39, 0.29) is 30.0 Å². The van der Waals surface area contributed by atoms with E-state index >= 15 is 0 Å². The number of piperazine rings is 1. The lowest BCUT2D eigenvalue weighted by molar-refractivity contribution is 0.0891. The summed E-state index contributed by atoms with van der Waals surface area (Å²) in [4.78, 5) is 9.49. The molecule has 0 amide bonds. The van der Waals surface area contributed by atoms with E-state index in [1.54, 1.807) is 0 Å². The number of rotatable bonds is 8. The number of guanidine groups is 1. The normalized spacial score (nSPS) is 18.6. The monoisotopic (exact) mass is 567 g/mol. The third-order valence-electron chi connectivity index (χ3n) is 6.57. The molecule has 1 fully saturated rings. The van der Waals surface area contributed by atoms with Crippen molar-refractivity contribution in [2.75, 3.05) is 46.8 Å². The van der Waals surface area contributed by atoms with E-state index in [4.69, 9.17) is 0 Å². The molecule has 0 radical (unpaired) electrons. The van der Waals surface area contributed by atoms with Crippen LogP contribution >= 0.6 is 24.0 Å². The van der Waals surface area contributed by atoms with E-state index in [0.29, 0.717) is 6.04 Å². The summed E-state index contributed by atoms with van der Waals surface area (Å²) in [5.41, 5.74) is 5.09. The number of aryl methyl sites for hydroxylation is 2. The third kappa shape index (κ3) is 7.68. The molecule has 8 heteroatoms. The molecule has 1 aromatic carbocycles. The predicted octanol–water partition coefficient (Wildman–Crippen LogP) is 3.13. The number of benzene rings is 1. The van der Waals surface area contributed by atoms with E-state index in [2.05, 4.69) is 88.7 Å². The first-order valence-electron chi connectivity index (χ1n) is 11.8. The average molecular weight is 568 g/mol. The van der Waals surface area contributed by atoms with Crippen molar-refractivity contribution in [3.63, 3.8) is 0 Å². The van der Waals surface area contributed by atoms with Gasteiger partial charge >= 0.3 is 0 Å². The van der Waals surface area contributed by atoms with Gasteiger partial charge in [-0.15, -0.1) is 24.0 Å². The molecule has 2 N–H and O–H groups in total. The summed E-state index contributed by atoms with van der Waals surface area (Å²) < 4.78 is 1.96. The van der Waals surface area contributed by atoms with Crippen LogP contribution in [0.5, 0.6) is 0 Å². The molecule has 0 spiro atoms. The maximum atomic E-state index is 4.54. The number of hydrogen-bond acceptors (Lipinski definition) is 4. The minimum atomic E-state index is 0. The van der Waals surface area contributed by atoms with Crippen LogP contribution in [0.25, 0.3) is 0 Å². The van der Waals surface area contributed by atoms with Crippen molar-refractivity contribution in [1.29, 1.82) is 0 Å². The Labute approximate surface area is 217 Å². The molecule has 2 heterocycles. The lowest BCUT2D eigenvalue weighted by atomic mass is 10.0. The van der Waals surface area contributed by atoms with Gasteiger partial charge in [0.05, 0.1) is 5.69 Å². The molecule has 1 saturated heterocycles. The second-order valence-corrected chi connectivity index (χ2v) is 9.10. The topological polar surface area (TPSA) is 60.7 Å². The Kier molecular flexibility index (Phi) is 11.1. The Balaban J connectivity index is 0.00000385. The molecule has 2 unspecified atom stereocenters. The second kappa shape index (κ2) is 13.3. The van der Waals surface area contributed by atoms with Crippen LogP contribution in [0.4, 0.5) is 0 Å². The Morgan fingerprint density at radius 2 is 1.91 bits per heavy atom. The van der Waals surface area contributed by atoms with Gasteiger partial charge in [-0.2, -0.15) is 5.10 Å².